The third-order valence-electron chi connectivity index (χ3n) is 3.56. The molecule has 1 aromatic heterocycles. The van der Waals surface area contributed by atoms with Crippen LogP contribution in [0.15, 0.2) is 35.6 Å². The van der Waals surface area contributed by atoms with E-state index in [1.165, 1.54) is 42.1 Å². The van der Waals surface area contributed by atoms with Crippen molar-refractivity contribution in [1.29, 1.82) is 0 Å². The molecule has 0 unspecified atom stereocenters. The molecule has 0 aliphatic carbocycles. The molecule has 1 aliphatic rings. The maximum absolute atomic E-state index is 4.62. The van der Waals surface area contributed by atoms with E-state index in [0.717, 1.165) is 13.1 Å². The number of aromatic amines is 1. The predicted molar refractivity (Wildman–Crippen MR) is 75.9 cm³/mol. The zero-order valence-corrected chi connectivity index (χ0v) is 10.6. The molecule has 3 rings (SSSR count). The van der Waals surface area contributed by atoms with Gasteiger partial charge >= 0.3 is 0 Å². The van der Waals surface area contributed by atoms with Crippen LogP contribution in [0.3, 0.4) is 0 Å². The first-order valence-electron chi connectivity index (χ1n) is 6.78. The number of fused-ring (bicyclic) bond motifs is 1. The van der Waals surface area contributed by atoms with Gasteiger partial charge in [0.2, 0.25) is 0 Å². The fourth-order valence-electron chi connectivity index (χ4n) is 2.51. The lowest BCUT2D eigenvalue weighted by atomic mass is 10.2. The Kier molecular flexibility index (Phi) is 3.31. The molecule has 1 N–H and O–H groups in total. The molecule has 0 atom stereocenters. The highest BCUT2D eigenvalue weighted by atomic mass is 15.4. The summed E-state index contributed by atoms with van der Waals surface area (Å²) in [6.45, 7) is 2.19. The maximum atomic E-state index is 4.62. The van der Waals surface area contributed by atoms with E-state index < -0.39 is 0 Å². The molecule has 3 heteroatoms. The van der Waals surface area contributed by atoms with Crippen molar-refractivity contribution in [2.75, 3.05) is 13.1 Å². The summed E-state index contributed by atoms with van der Waals surface area (Å²) < 4.78 is 0. The molecule has 2 aromatic rings. The van der Waals surface area contributed by atoms with Crippen molar-refractivity contribution in [1.82, 2.24) is 9.99 Å². The van der Waals surface area contributed by atoms with Gasteiger partial charge in [-0.25, -0.2) is 0 Å². The minimum Gasteiger partial charge on any atom is -0.361 e. The Bertz CT molecular complexity index is 533. The first-order valence-corrected chi connectivity index (χ1v) is 6.78. The lowest BCUT2D eigenvalue weighted by Crippen LogP contribution is -2.18. The predicted octanol–water partition coefficient (Wildman–Crippen LogP) is 3.38. The number of rotatable bonds is 2. The molecule has 0 saturated carbocycles. The van der Waals surface area contributed by atoms with Gasteiger partial charge in [0.25, 0.3) is 0 Å². The molecule has 3 nitrogen and oxygen atoms in total. The van der Waals surface area contributed by atoms with Gasteiger partial charge in [-0.05, 0) is 18.9 Å². The quantitative estimate of drug-likeness (QED) is 0.803. The van der Waals surface area contributed by atoms with Gasteiger partial charge in [-0.15, -0.1) is 0 Å². The van der Waals surface area contributed by atoms with Crippen LogP contribution in [-0.2, 0) is 0 Å². The molecule has 94 valence electrons. The van der Waals surface area contributed by atoms with Crippen LogP contribution in [-0.4, -0.2) is 29.3 Å². The smallest absolute Gasteiger partial charge is 0.0564 e. The van der Waals surface area contributed by atoms with Crippen LogP contribution < -0.4 is 0 Å². The summed E-state index contributed by atoms with van der Waals surface area (Å²) in [5.74, 6) is 0. The van der Waals surface area contributed by atoms with E-state index in [4.69, 9.17) is 0 Å². The molecule has 1 aromatic carbocycles. The first-order chi connectivity index (χ1) is 8.93. The summed E-state index contributed by atoms with van der Waals surface area (Å²) in [6, 6.07) is 8.35. The van der Waals surface area contributed by atoms with E-state index in [0.29, 0.717) is 0 Å². The van der Waals surface area contributed by atoms with Crippen LogP contribution in [0.25, 0.3) is 10.9 Å². The van der Waals surface area contributed by atoms with Gasteiger partial charge in [-0.3, -0.25) is 5.01 Å². The lowest BCUT2D eigenvalue weighted by molar-refractivity contribution is 0.302. The van der Waals surface area contributed by atoms with Crippen LogP contribution in [0, 0.1) is 0 Å². The SMILES string of the molecule is C(=N\N1CCCCCC1)/c1c[nH]c2ccccc12. The van der Waals surface area contributed by atoms with E-state index in [-0.39, 0.29) is 0 Å². The van der Waals surface area contributed by atoms with Gasteiger partial charge in [-0.1, -0.05) is 31.0 Å². The number of H-pyrrole nitrogens is 1. The van der Waals surface area contributed by atoms with Crippen LogP contribution in [0.4, 0.5) is 0 Å². The van der Waals surface area contributed by atoms with Crippen molar-refractivity contribution in [3.05, 3.63) is 36.0 Å². The fraction of sp³-hybridized carbons (Fsp3) is 0.400. The summed E-state index contributed by atoms with van der Waals surface area (Å²) in [5, 5.41) is 8.07. The summed E-state index contributed by atoms with van der Waals surface area (Å²) in [7, 11) is 0. The number of hydrazone groups is 1. The first kappa shape index (κ1) is 11.3. The van der Waals surface area contributed by atoms with Crippen LogP contribution >= 0.6 is 0 Å². The van der Waals surface area contributed by atoms with Gasteiger partial charge in [0.15, 0.2) is 0 Å². The molecule has 0 bridgehead atoms. The highest BCUT2D eigenvalue weighted by Gasteiger charge is 2.06. The number of nitrogens with one attached hydrogen (secondary N) is 1. The Morgan fingerprint density at radius 1 is 1.06 bits per heavy atom. The zero-order chi connectivity index (χ0) is 12.2. The van der Waals surface area contributed by atoms with Gasteiger partial charge in [0, 0.05) is 35.8 Å². The number of hydrogen-bond donors (Lipinski definition) is 1. The Morgan fingerprint density at radius 3 is 2.67 bits per heavy atom. The largest absolute Gasteiger partial charge is 0.361 e. The molecule has 2 heterocycles. The topological polar surface area (TPSA) is 31.4 Å². The molecular weight excluding hydrogens is 222 g/mol. The van der Waals surface area contributed by atoms with Crippen molar-refractivity contribution in [2.45, 2.75) is 25.7 Å². The zero-order valence-electron chi connectivity index (χ0n) is 10.6. The van der Waals surface area contributed by atoms with E-state index >= 15 is 0 Å². The fourth-order valence-corrected chi connectivity index (χ4v) is 2.51. The Balaban J connectivity index is 1.78. The molecule has 1 aliphatic heterocycles. The van der Waals surface area contributed by atoms with Gasteiger partial charge in [-0.2, -0.15) is 5.10 Å². The minimum absolute atomic E-state index is 1.10. The van der Waals surface area contributed by atoms with E-state index in [2.05, 4.69) is 39.4 Å². The second kappa shape index (κ2) is 5.25. The van der Waals surface area contributed by atoms with E-state index in [9.17, 15) is 0 Å². The summed E-state index contributed by atoms with van der Waals surface area (Å²) >= 11 is 0. The van der Waals surface area contributed by atoms with Gasteiger partial charge in [0.1, 0.15) is 0 Å². The molecule has 0 radical (unpaired) electrons. The van der Waals surface area contributed by atoms with Crippen molar-refractivity contribution in [3.8, 4) is 0 Å². The Labute approximate surface area is 107 Å². The summed E-state index contributed by atoms with van der Waals surface area (Å²) in [4.78, 5) is 3.28. The minimum atomic E-state index is 1.10. The molecule has 1 saturated heterocycles. The molecule has 0 amide bonds. The third-order valence-corrected chi connectivity index (χ3v) is 3.56. The van der Waals surface area contributed by atoms with Crippen LogP contribution in [0.1, 0.15) is 31.2 Å². The molecule has 0 spiro atoms. The van der Waals surface area contributed by atoms with Crippen molar-refractivity contribution >= 4 is 17.1 Å². The van der Waals surface area contributed by atoms with Gasteiger partial charge < -0.3 is 4.98 Å². The Morgan fingerprint density at radius 2 is 1.83 bits per heavy atom. The molecular formula is C15H19N3. The standard InChI is InChI=1S/C15H19N3/c1-2-6-10-18(9-5-1)17-12-13-11-16-15-8-4-3-7-14(13)15/h3-4,7-8,11-12,16H,1-2,5-6,9-10H2/b17-12+. The second-order valence-corrected chi connectivity index (χ2v) is 4.90. The van der Waals surface area contributed by atoms with Crippen molar-refractivity contribution in [3.63, 3.8) is 0 Å². The number of benzene rings is 1. The molecule has 18 heavy (non-hydrogen) atoms. The van der Waals surface area contributed by atoms with E-state index in [1.54, 1.807) is 0 Å². The average molecular weight is 241 g/mol. The number of para-hydroxylation sites is 1. The summed E-state index contributed by atoms with van der Waals surface area (Å²) in [6.07, 6.45) is 9.25. The van der Waals surface area contributed by atoms with Gasteiger partial charge in [0.05, 0.1) is 6.21 Å². The average Bonchev–Trinajstić information content (AvgIpc) is 2.64. The van der Waals surface area contributed by atoms with Crippen LogP contribution in [0.2, 0.25) is 0 Å². The van der Waals surface area contributed by atoms with Crippen LogP contribution in [0.5, 0.6) is 0 Å². The normalized spacial score (nSPS) is 17.4. The third kappa shape index (κ3) is 2.40. The maximum Gasteiger partial charge on any atom is 0.0564 e. The van der Waals surface area contributed by atoms with Crippen molar-refractivity contribution < 1.29 is 0 Å². The monoisotopic (exact) mass is 241 g/mol. The van der Waals surface area contributed by atoms with E-state index in [1.807, 2.05) is 12.4 Å². The Hall–Kier alpha value is -1.77. The second-order valence-electron chi connectivity index (χ2n) is 4.90. The highest BCUT2D eigenvalue weighted by Crippen LogP contribution is 2.16. The number of aromatic nitrogens is 1. The highest BCUT2D eigenvalue weighted by molar-refractivity contribution is 5.98. The molecule has 1 fully saturated rings. The van der Waals surface area contributed by atoms with Crippen molar-refractivity contribution in [2.24, 2.45) is 5.10 Å². The number of hydrogen-bond acceptors (Lipinski definition) is 2. The summed E-state index contributed by atoms with van der Waals surface area (Å²) in [5.41, 5.74) is 2.35. The number of nitrogens with zero attached hydrogens (tertiary/aromatic N) is 2. The lowest BCUT2D eigenvalue weighted by Gasteiger charge is -2.15.